The largest absolute Gasteiger partial charge is 0.350 e. The Morgan fingerprint density at radius 3 is 2.80 bits per heavy atom. The smallest absolute Gasteiger partial charge is 0.168 e. The average molecular weight is 142 g/mol. The van der Waals surface area contributed by atoms with Crippen LogP contribution in [0.1, 0.15) is 26.2 Å². The van der Waals surface area contributed by atoms with Crippen molar-refractivity contribution in [1.82, 2.24) is 0 Å². The van der Waals surface area contributed by atoms with Crippen molar-refractivity contribution in [3.05, 3.63) is 0 Å². The Balaban J connectivity index is 2.10. The van der Waals surface area contributed by atoms with Gasteiger partial charge in [0.05, 0.1) is 13.2 Å². The van der Waals surface area contributed by atoms with E-state index in [0.717, 1.165) is 13.2 Å². The quantitative estimate of drug-likeness (QED) is 0.511. The van der Waals surface area contributed by atoms with E-state index < -0.39 is 0 Å². The fraction of sp³-hybridized carbons (Fsp3) is 1.00. The van der Waals surface area contributed by atoms with Crippen LogP contribution in [0.2, 0.25) is 0 Å². The second-order valence-corrected chi connectivity index (χ2v) is 3.34. The van der Waals surface area contributed by atoms with Crippen LogP contribution in [0.25, 0.3) is 0 Å². The third-order valence-electron chi connectivity index (χ3n) is 2.68. The normalized spacial score (nSPS) is 47.1. The van der Waals surface area contributed by atoms with Crippen LogP contribution in [0, 0.1) is 5.92 Å². The molecular formula is C8H14O2. The molecule has 10 heavy (non-hydrogen) atoms. The van der Waals surface area contributed by atoms with E-state index in [2.05, 4.69) is 6.92 Å². The third kappa shape index (κ3) is 0.867. The Bertz CT molecular complexity index is 135. The molecule has 0 spiro atoms. The highest BCUT2D eigenvalue weighted by Gasteiger charge is 2.42. The van der Waals surface area contributed by atoms with E-state index in [4.69, 9.17) is 9.47 Å². The maximum absolute atomic E-state index is 5.57. The van der Waals surface area contributed by atoms with Gasteiger partial charge < -0.3 is 9.47 Å². The topological polar surface area (TPSA) is 18.5 Å². The molecule has 0 aromatic carbocycles. The Morgan fingerprint density at radius 2 is 2.00 bits per heavy atom. The predicted molar refractivity (Wildman–Crippen MR) is 37.6 cm³/mol. The van der Waals surface area contributed by atoms with Gasteiger partial charge in [-0.15, -0.1) is 0 Å². The molecule has 0 amide bonds. The molecule has 2 nitrogen and oxygen atoms in total. The Kier molecular flexibility index (Phi) is 1.46. The van der Waals surface area contributed by atoms with Gasteiger partial charge in [0.25, 0.3) is 0 Å². The van der Waals surface area contributed by atoms with Gasteiger partial charge in [-0.25, -0.2) is 0 Å². The minimum atomic E-state index is -0.210. The number of fused-ring (bicyclic) bond motifs is 1. The fourth-order valence-electron chi connectivity index (χ4n) is 1.95. The zero-order valence-corrected chi connectivity index (χ0v) is 6.43. The molecule has 0 N–H and O–H groups in total. The summed E-state index contributed by atoms with van der Waals surface area (Å²) in [6.45, 7) is 3.85. The summed E-state index contributed by atoms with van der Waals surface area (Å²) >= 11 is 0. The van der Waals surface area contributed by atoms with Crippen molar-refractivity contribution in [3.63, 3.8) is 0 Å². The standard InChI is InChI=1S/C8H14O2/c1-8-7(4-6-10-8)3-2-5-9-8/h7H,2-6H2,1H3/t7-,8+/m0/s1. The summed E-state index contributed by atoms with van der Waals surface area (Å²) in [6, 6.07) is 0. The summed E-state index contributed by atoms with van der Waals surface area (Å²) in [5.74, 6) is 0.458. The van der Waals surface area contributed by atoms with E-state index in [1.54, 1.807) is 0 Å². The predicted octanol–water partition coefficient (Wildman–Crippen LogP) is 1.55. The highest BCUT2D eigenvalue weighted by Crippen LogP contribution is 2.39. The van der Waals surface area contributed by atoms with Crippen molar-refractivity contribution in [2.24, 2.45) is 5.92 Å². The number of ether oxygens (including phenoxy) is 2. The second kappa shape index (κ2) is 2.21. The van der Waals surface area contributed by atoms with Crippen LogP contribution in [0.3, 0.4) is 0 Å². The van der Waals surface area contributed by atoms with E-state index in [1.165, 1.54) is 19.3 Å². The molecule has 2 aliphatic rings. The van der Waals surface area contributed by atoms with Crippen LogP contribution in [0.5, 0.6) is 0 Å². The molecule has 0 saturated carbocycles. The zero-order valence-electron chi connectivity index (χ0n) is 6.43. The first-order chi connectivity index (χ1) is 4.81. The van der Waals surface area contributed by atoms with Gasteiger partial charge in [0.2, 0.25) is 0 Å². The van der Waals surface area contributed by atoms with Gasteiger partial charge in [0.1, 0.15) is 0 Å². The van der Waals surface area contributed by atoms with Crippen LogP contribution in [-0.2, 0) is 9.47 Å². The SMILES string of the molecule is C[C@]12OCCC[C@H]1CCO2. The van der Waals surface area contributed by atoms with Gasteiger partial charge >= 0.3 is 0 Å². The molecule has 0 radical (unpaired) electrons. The van der Waals surface area contributed by atoms with Crippen LogP contribution in [-0.4, -0.2) is 19.0 Å². The molecule has 2 saturated heterocycles. The maximum atomic E-state index is 5.57. The molecule has 0 aromatic heterocycles. The first kappa shape index (κ1) is 6.62. The first-order valence-electron chi connectivity index (χ1n) is 4.09. The van der Waals surface area contributed by atoms with Crippen molar-refractivity contribution in [3.8, 4) is 0 Å². The zero-order chi connectivity index (χ0) is 7.03. The number of rotatable bonds is 0. The van der Waals surface area contributed by atoms with E-state index in [9.17, 15) is 0 Å². The first-order valence-corrected chi connectivity index (χ1v) is 4.09. The maximum Gasteiger partial charge on any atom is 0.168 e. The minimum absolute atomic E-state index is 0.210. The van der Waals surface area contributed by atoms with Crippen molar-refractivity contribution in [2.75, 3.05) is 13.2 Å². The third-order valence-corrected chi connectivity index (χ3v) is 2.68. The van der Waals surface area contributed by atoms with E-state index >= 15 is 0 Å². The lowest BCUT2D eigenvalue weighted by molar-refractivity contribution is -0.235. The molecule has 2 atom stereocenters. The molecule has 0 aromatic rings. The summed E-state index contributed by atoms with van der Waals surface area (Å²) in [7, 11) is 0. The molecule has 2 rings (SSSR count). The summed E-state index contributed by atoms with van der Waals surface area (Å²) < 4.78 is 11.1. The van der Waals surface area contributed by atoms with Crippen LogP contribution < -0.4 is 0 Å². The molecule has 0 aliphatic carbocycles. The highest BCUT2D eigenvalue weighted by molar-refractivity contribution is 4.83. The van der Waals surface area contributed by atoms with Crippen LogP contribution in [0.15, 0.2) is 0 Å². The number of hydrogen-bond donors (Lipinski definition) is 0. The van der Waals surface area contributed by atoms with E-state index in [0.29, 0.717) is 5.92 Å². The Labute approximate surface area is 61.5 Å². The molecule has 2 fully saturated rings. The molecule has 0 bridgehead atoms. The Hall–Kier alpha value is -0.0800. The van der Waals surface area contributed by atoms with Crippen molar-refractivity contribution in [1.29, 1.82) is 0 Å². The summed E-state index contributed by atoms with van der Waals surface area (Å²) in [4.78, 5) is 0. The second-order valence-electron chi connectivity index (χ2n) is 3.34. The molecular weight excluding hydrogens is 128 g/mol. The van der Waals surface area contributed by atoms with Gasteiger partial charge in [0.15, 0.2) is 5.79 Å². The van der Waals surface area contributed by atoms with Gasteiger partial charge in [-0.3, -0.25) is 0 Å². The Morgan fingerprint density at radius 1 is 1.20 bits per heavy atom. The van der Waals surface area contributed by atoms with Gasteiger partial charge in [-0.2, -0.15) is 0 Å². The lowest BCUT2D eigenvalue weighted by atomic mass is 9.92. The lowest BCUT2D eigenvalue weighted by Gasteiger charge is -2.34. The minimum Gasteiger partial charge on any atom is -0.350 e. The monoisotopic (exact) mass is 142 g/mol. The molecule has 0 unspecified atom stereocenters. The summed E-state index contributed by atoms with van der Waals surface area (Å²) in [6.07, 6.45) is 3.69. The van der Waals surface area contributed by atoms with Crippen LogP contribution in [0.4, 0.5) is 0 Å². The van der Waals surface area contributed by atoms with E-state index in [-0.39, 0.29) is 5.79 Å². The molecule has 58 valence electrons. The molecule has 2 aliphatic heterocycles. The molecule has 2 heteroatoms. The van der Waals surface area contributed by atoms with Gasteiger partial charge in [-0.05, 0) is 26.2 Å². The summed E-state index contributed by atoms with van der Waals surface area (Å²) in [5.41, 5.74) is 0. The van der Waals surface area contributed by atoms with Crippen LogP contribution >= 0.6 is 0 Å². The van der Waals surface area contributed by atoms with Gasteiger partial charge in [0, 0.05) is 5.92 Å². The van der Waals surface area contributed by atoms with Crippen molar-refractivity contribution in [2.45, 2.75) is 32.0 Å². The average Bonchev–Trinajstić information content (AvgIpc) is 2.29. The van der Waals surface area contributed by atoms with Crippen molar-refractivity contribution >= 4 is 0 Å². The highest BCUT2D eigenvalue weighted by atomic mass is 16.7. The van der Waals surface area contributed by atoms with Crippen molar-refractivity contribution < 1.29 is 9.47 Å². The van der Waals surface area contributed by atoms with Gasteiger partial charge in [-0.1, -0.05) is 0 Å². The summed E-state index contributed by atoms with van der Waals surface area (Å²) in [5, 5.41) is 0. The number of hydrogen-bond acceptors (Lipinski definition) is 2. The molecule has 2 heterocycles. The lowest BCUT2D eigenvalue weighted by Crippen LogP contribution is -2.38. The fourth-order valence-corrected chi connectivity index (χ4v) is 1.95. The van der Waals surface area contributed by atoms with E-state index in [1.807, 2.05) is 0 Å².